The molecule has 0 aliphatic heterocycles. The van der Waals surface area contributed by atoms with E-state index in [0.29, 0.717) is 6.42 Å². The van der Waals surface area contributed by atoms with Crippen molar-refractivity contribution in [2.24, 2.45) is 5.92 Å². The van der Waals surface area contributed by atoms with Crippen molar-refractivity contribution < 1.29 is 19.2 Å². The summed E-state index contributed by atoms with van der Waals surface area (Å²) in [5.41, 5.74) is 0. The monoisotopic (exact) mass is 212 g/mol. The van der Waals surface area contributed by atoms with Crippen molar-refractivity contribution in [1.29, 1.82) is 0 Å². The molecule has 0 aliphatic carbocycles. The van der Waals surface area contributed by atoms with Crippen molar-refractivity contribution in [3.8, 4) is 0 Å². The van der Waals surface area contributed by atoms with Gasteiger partial charge in [-0.25, -0.2) is 0 Å². The third-order valence-corrected chi connectivity index (χ3v) is 2.18. The molecule has 0 aliphatic rings. The van der Waals surface area contributed by atoms with Crippen LogP contribution >= 0.6 is 0 Å². The van der Waals surface area contributed by atoms with Gasteiger partial charge in [0.15, 0.2) is 5.78 Å². The Morgan fingerprint density at radius 1 is 0.933 bits per heavy atom. The number of hydrogen-bond acceptors (Lipinski definition) is 4. The molecule has 4 heteroatoms. The van der Waals surface area contributed by atoms with Gasteiger partial charge in [-0.15, -0.1) is 0 Å². The fraction of sp³-hybridized carbons (Fsp3) is 0.636. The fourth-order valence-corrected chi connectivity index (χ4v) is 1.32. The highest BCUT2D eigenvalue weighted by Gasteiger charge is 2.27. The summed E-state index contributed by atoms with van der Waals surface area (Å²) in [6.07, 6.45) is 0.473. The van der Waals surface area contributed by atoms with Crippen molar-refractivity contribution in [2.75, 3.05) is 0 Å². The van der Waals surface area contributed by atoms with Gasteiger partial charge in [0.2, 0.25) is 0 Å². The van der Waals surface area contributed by atoms with Crippen LogP contribution in [0.15, 0.2) is 0 Å². The lowest BCUT2D eigenvalue weighted by molar-refractivity contribution is -0.139. The number of Topliss-reactive ketones (excluding diaryl/α,β-unsaturated/α-hetero) is 4. The van der Waals surface area contributed by atoms with Gasteiger partial charge < -0.3 is 0 Å². The summed E-state index contributed by atoms with van der Waals surface area (Å²) in [5.74, 6) is -2.55. The quantitative estimate of drug-likeness (QED) is 0.593. The van der Waals surface area contributed by atoms with Crippen LogP contribution in [0.25, 0.3) is 0 Å². The second kappa shape index (κ2) is 6.22. The smallest absolute Gasteiger partial charge is 0.151 e. The maximum Gasteiger partial charge on any atom is 0.151 e. The van der Waals surface area contributed by atoms with Crippen LogP contribution in [0.1, 0.15) is 40.0 Å². The first-order chi connectivity index (χ1) is 6.90. The van der Waals surface area contributed by atoms with Crippen LogP contribution in [0.2, 0.25) is 0 Å². The van der Waals surface area contributed by atoms with E-state index in [2.05, 4.69) is 0 Å². The van der Waals surface area contributed by atoms with Crippen LogP contribution in [0, 0.1) is 5.92 Å². The predicted octanol–water partition coefficient (Wildman–Crippen LogP) is 1.11. The molecular weight excluding hydrogens is 196 g/mol. The summed E-state index contributed by atoms with van der Waals surface area (Å²) in [6, 6.07) is 0. The average molecular weight is 212 g/mol. The highest BCUT2D eigenvalue weighted by atomic mass is 16.2. The minimum absolute atomic E-state index is 0.0174. The van der Waals surface area contributed by atoms with Crippen molar-refractivity contribution >= 4 is 23.1 Å². The lowest BCUT2D eigenvalue weighted by atomic mass is 9.92. The summed E-state index contributed by atoms with van der Waals surface area (Å²) < 4.78 is 0. The van der Waals surface area contributed by atoms with Gasteiger partial charge in [0.25, 0.3) is 0 Å². The van der Waals surface area contributed by atoms with Gasteiger partial charge in [-0.05, 0) is 13.8 Å². The lowest BCUT2D eigenvalue weighted by Crippen LogP contribution is -2.28. The van der Waals surface area contributed by atoms with Crippen LogP contribution in [0.4, 0.5) is 0 Å². The molecule has 0 aromatic heterocycles. The summed E-state index contributed by atoms with van der Waals surface area (Å²) in [5, 5.41) is 0. The molecule has 0 saturated carbocycles. The zero-order chi connectivity index (χ0) is 12.0. The maximum atomic E-state index is 11.5. The zero-order valence-electron chi connectivity index (χ0n) is 9.33. The number of ketones is 4. The molecule has 0 spiro atoms. The SMILES string of the molecule is CCC(=O)CCC(=O)C(C(C)=O)C(C)=O. The molecule has 0 fully saturated rings. The van der Waals surface area contributed by atoms with E-state index in [0.717, 1.165) is 0 Å². The van der Waals surface area contributed by atoms with E-state index in [1.807, 2.05) is 0 Å². The molecule has 0 amide bonds. The minimum atomic E-state index is -1.17. The number of hydrogen-bond donors (Lipinski definition) is 0. The second-order valence-electron chi connectivity index (χ2n) is 3.51. The molecule has 0 atom stereocenters. The Kier molecular flexibility index (Phi) is 5.67. The van der Waals surface area contributed by atoms with E-state index < -0.39 is 23.3 Å². The van der Waals surface area contributed by atoms with Gasteiger partial charge in [-0.3, -0.25) is 19.2 Å². The highest BCUT2D eigenvalue weighted by Crippen LogP contribution is 2.08. The van der Waals surface area contributed by atoms with Crippen molar-refractivity contribution in [2.45, 2.75) is 40.0 Å². The third-order valence-electron chi connectivity index (χ3n) is 2.18. The molecule has 0 bridgehead atoms. The van der Waals surface area contributed by atoms with Crippen LogP contribution in [0.3, 0.4) is 0 Å². The summed E-state index contributed by atoms with van der Waals surface area (Å²) in [6.45, 7) is 4.14. The van der Waals surface area contributed by atoms with E-state index in [4.69, 9.17) is 0 Å². The van der Waals surface area contributed by atoms with E-state index >= 15 is 0 Å². The highest BCUT2D eigenvalue weighted by molar-refractivity contribution is 6.18. The Labute approximate surface area is 89.0 Å². The fourth-order valence-electron chi connectivity index (χ4n) is 1.32. The second-order valence-corrected chi connectivity index (χ2v) is 3.51. The van der Waals surface area contributed by atoms with Gasteiger partial charge in [-0.2, -0.15) is 0 Å². The third kappa shape index (κ3) is 4.63. The van der Waals surface area contributed by atoms with Gasteiger partial charge in [0.1, 0.15) is 23.3 Å². The molecule has 0 radical (unpaired) electrons. The molecule has 0 rings (SSSR count). The predicted molar refractivity (Wildman–Crippen MR) is 54.4 cm³/mol. The van der Waals surface area contributed by atoms with Crippen molar-refractivity contribution in [3.63, 3.8) is 0 Å². The molecule has 0 heterocycles. The van der Waals surface area contributed by atoms with Crippen molar-refractivity contribution in [1.82, 2.24) is 0 Å². The lowest BCUT2D eigenvalue weighted by Gasteiger charge is -2.07. The van der Waals surface area contributed by atoms with E-state index in [-0.39, 0.29) is 18.6 Å². The van der Waals surface area contributed by atoms with Gasteiger partial charge >= 0.3 is 0 Å². The van der Waals surface area contributed by atoms with Gasteiger partial charge in [-0.1, -0.05) is 6.92 Å². The van der Waals surface area contributed by atoms with Gasteiger partial charge in [0, 0.05) is 19.3 Å². The Morgan fingerprint density at radius 3 is 1.73 bits per heavy atom. The standard InChI is InChI=1S/C11H16O4/c1-4-9(14)5-6-10(15)11(7(2)12)8(3)13/h11H,4-6H2,1-3H3. The van der Waals surface area contributed by atoms with Crippen molar-refractivity contribution in [3.05, 3.63) is 0 Å². The average Bonchev–Trinajstić information content (AvgIpc) is 2.12. The van der Waals surface area contributed by atoms with E-state index in [9.17, 15) is 19.2 Å². The Hall–Kier alpha value is -1.32. The Balaban J connectivity index is 4.34. The Bertz CT molecular complexity index is 277. The summed E-state index contributed by atoms with van der Waals surface area (Å²) >= 11 is 0. The summed E-state index contributed by atoms with van der Waals surface area (Å²) in [7, 11) is 0. The van der Waals surface area contributed by atoms with Crippen LogP contribution in [-0.2, 0) is 19.2 Å². The number of carbonyl (C=O) groups excluding carboxylic acids is 4. The molecule has 0 unspecified atom stereocenters. The molecule has 0 saturated heterocycles. The molecule has 15 heavy (non-hydrogen) atoms. The van der Waals surface area contributed by atoms with E-state index in [1.165, 1.54) is 13.8 Å². The molecular formula is C11H16O4. The number of carbonyl (C=O) groups is 4. The Morgan fingerprint density at radius 2 is 1.40 bits per heavy atom. The van der Waals surface area contributed by atoms with Crippen LogP contribution in [0.5, 0.6) is 0 Å². The maximum absolute atomic E-state index is 11.5. The first-order valence-electron chi connectivity index (χ1n) is 4.95. The topological polar surface area (TPSA) is 68.3 Å². The zero-order valence-corrected chi connectivity index (χ0v) is 9.33. The normalized spacial score (nSPS) is 10.1. The summed E-state index contributed by atoms with van der Waals surface area (Å²) in [4.78, 5) is 44.4. The molecule has 4 nitrogen and oxygen atoms in total. The largest absolute Gasteiger partial charge is 0.300 e. The van der Waals surface area contributed by atoms with Crippen LogP contribution < -0.4 is 0 Å². The number of rotatable bonds is 7. The molecule has 0 aromatic carbocycles. The molecule has 0 aromatic rings. The first-order valence-corrected chi connectivity index (χ1v) is 4.95. The van der Waals surface area contributed by atoms with E-state index in [1.54, 1.807) is 6.92 Å². The van der Waals surface area contributed by atoms with Gasteiger partial charge in [0.05, 0.1) is 0 Å². The molecule has 0 N–H and O–H groups in total. The minimum Gasteiger partial charge on any atom is -0.300 e. The van der Waals surface area contributed by atoms with Crippen LogP contribution in [-0.4, -0.2) is 23.1 Å². The molecule has 84 valence electrons. The first kappa shape index (κ1) is 13.7.